The number of aromatic nitrogens is 3. The molecule has 6 aromatic carbocycles. The van der Waals surface area contributed by atoms with Crippen molar-refractivity contribution in [1.82, 2.24) is 14.4 Å². The van der Waals surface area contributed by atoms with E-state index >= 15 is 0 Å². The number of hydrogen-bond acceptors (Lipinski definition) is 3. The van der Waals surface area contributed by atoms with Crippen LogP contribution in [0.3, 0.4) is 0 Å². The number of thiophene rings is 1. The Morgan fingerprint density at radius 1 is 0.525 bits per heavy atom. The van der Waals surface area contributed by atoms with E-state index in [4.69, 9.17) is 9.97 Å². The molecule has 0 aliphatic heterocycles. The monoisotopic (exact) mass is 525 g/mol. The first-order chi connectivity index (χ1) is 19.8. The summed E-state index contributed by atoms with van der Waals surface area (Å²) in [6.45, 7) is 0. The van der Waals surface area contributed by atoms with Gasteiger partial charge >= 0.3 is 0 Å². The summed E-state index contributed by atoms with van der Waals surface area (Å²) in [4.78, 5) is 10.2. The number of hydrogen-bond donors (Lipinski definition) is 0. The minimum Gasteiger partial charge on any atom is -0.291 e. The molecule has 10 rings (SSSR count). The fourth-order valence-electron chi connectivity index (χ4n) is 6.72. The van der Waals surface area contributed by atoms with Gasteiger partial charge in [-0.1, -0.05) is 84.9 Å². The molecule has 4 heterocycles. The summed E-state index contributed by atoms with van der Waals surface area (Å²) in [5, 5.41) is 8.87. The van der Waals surface area contributed by atoms with Crippen molar-refractivity contribution in [1.29, 1.82) is 0 Å². The van der Waals surface area contributed by atoms with Gasteiger partial charge in [-0.2, -0.15) is 0 Å². The Bertz CT molecular complexity index is 2650. The molecule has 0 radical (unpaired) electrons. The highest BCUT2D eigenvalue weighted by Crippen LogP contribution is 2.44. The van der Waals surface area contributed by atoms with Crippen LogP contribution in [-0.2, 0) is 0 Å². The molecule has 0 atom stereocenters. The van der Waals surface area contributed by atoms with Crippen molar-refractivity contribution < 1.29 is 0 Å². The summed E-state index contributed by atoms with van der Waals surface area (Å²) in [5.41, 5.74) is 8.70. The first-order valence-corrected chi connectivity index (χ1v) is 14.3. The summed E-state index contributed by atoms with van der Waals surface area (Å²) in [5.74, 6) is 0. The Labute approximate surface area is 231 Å². The second-order valence-electron chi connectivity index (χ2n) is 10.6. The summed E-state index contributed by atoms with van der Waals surface area (Å²) < 4.78 is 4.94. The molecule has 0 saturated carbocycles. The van der Waals surface area contributed by atoms with Crippen molar-refractivity contribution in [2.45, 2.75) is 0 Å². The van der Waals surface area contributed by atoms with Crippen molar-refractivity contribution in [3.05, 3.63) is 115 Å². The SMILES string of the molecule is c1ccc2c(-c3ccc4c(c3)sc3cc5c(cc34)c3cccc4c6nc7ccccc7nc6n5c34)cccc2c1. The Morgan fingerprint density at radius 2 is 1.27 bits per heavy atom. The maximum atomic E-state index is 5.11. The van der Waals surface area contributed by atoms with E-state index in [0.717, 1.165) is 27.6 Å². The topological polar surface area (TPSA) is 30.2 Å². The maximum Gasteiger partial charge on any atom is 0.165 e. The quantitative estimate of drug-likeness (QED) is 0.213. The van der Waals surface area contributed by atoms with Crippen LogP contribution in [0.1, 0.15) is 0 Å². The van der Waals surface area contributed by atoms with Crippen molar-refractivity contribution in [2.24, 2.45) is 0 Å². The van der Waals surface area contributed by atoms with Crippen molar-refractivity contribution in [3.63, 3.8) is 0 Å². The largest absolute Gasteiger partial charge is 0.291 e. The number of nitrogens with zero attached hydrogens (tertiary/aromatic N) is 3. The molecule has 0 bridgehead atoms. The van der Waals surface area contributed by atoms with Gasteiger partial charge in [0.05, 0.1) is 22.1 Å². The zero-order valence-corrected chi connectivity index (χ0v) is 22.0. The smallest absolute Gasteiger partial charge is 0.165 e. The zero-order valence-electron chi connectivity index (χ0n) is 21.2. The minimum absolute atomic E-state index is 0.924. The van der Waals surface area contributed by atoms with Gasteiger partial charge in [0.25, 0.3) is 0 Å². The highest BCUT2D eigenvalue weighted by molar-refractivity contribution is 7.25. The summed E-state index contributed by atoms with van der Waals surface area (Å²) in [6, 6.07) is 41.6. The fourth-order valence-corrected chi connectivity index (χ4v) is 7.88. The molecule has 40 heavy (non-hydrogen) atoms. The summed E-state index contributed by atoms with van der Waals surface area (Å²) >= 11 is 1.87. The molecular weight excluding hydrogens is 506 g/mol. The van der Waals surface area contributed by atoms with Crippen LogP contribution in [-0.4, -0.2) is 14.4 Å². The third kappa shape index (κ3) is 2.59. The number of rotatable bonds is 1. The maximum absolute atomic E-state index is 5.11. The lowest BCUT2D eigenvalue weighted by atomic mass is 9.97. The Kier molecular flexibility index (Phi) is 3.81. The number of fused-ring (bicyclic) bond motifs is 11. The van der Waals surface area contributed by atoms with Crippen LogP contribution in [0.4, 0.5) is 0 Å². The van der Waals surface area contributed by atoms with E-state index in [1.807, 2.05) is 35.6 Å². The van der Waals surface area contributed by atoms with Crippen molar-refractivity contribution in [2.75, 3.05) is 0 Å². The van der Waals surface area contributed by atoms with Crippen LogP contribution >= 0.6 is 11.3 Å². The highest BCUT2D eigenvalue weighted by Gasteiger charge is 2.21. The van der Waals surface area contributed by atoms with E-state index in [9.17, 15) is 0 Å². The van der Waals surface area contributed by atoms with Gasteiger partial charge in [-0.05, 0) is 52.2 Å². The third-order valence-electron chi connectivity index (χ3n) is 8.50. The average molecular weight is 526 g/mol. The lowest BCUT2D eigenvalue weighted by Gasteiger charge is -2.07. The normalized spacial score (nSPS) is 12.5. The van der Waals surface area contributed by atoms with Crippen LogP contribution in [0.5, 0.6) is 0 Å². The number of para-hydroxylation sites is 3. The molecule has 0 N–H and O–H groups in total. The van der Waals surface area contributed by atoms with Gasteiger partial charge < -0.3 is 0 Å². The summed E-state index contributed by atoms with van der Waals surface area (Å²) in [6.07, 6.45) is 0. The molecule has 4 heteroatoms. The molecule has 184 valence electrons. The predicted molar refractivity (Wildman–Crippen MR) is 170 cm³/mol. The van der Waals surface area contributed by atoms with E-state index in [0.29, 0.717) is 0 Å². The molecule has 0 aliphatic rings. The average Bonchev–Trinajstić information content (AvgIpc) is 3.64. The Hall–Kier alpha value is -5.06. The van der Waals surface area contributed by atoms with Gasteiger partial charge in [0.15, 0.2) is 5.65 Å². The van der Waals surface area contributed by atoms with Crippen LogP contribution in [0.15, 0.2) is 115 Å². The first kappa shape index (κ1) is 20.8. The van der Waals surface area contributed by atoms with Gasteiger partial charge in [0.1, 0.15) is 5.52 Å². The fraction of sp³-hybridized carbons (Fsp3) is 0. The van der Waals surface area contributed by atoms with Gasteiger partial charge in [0, 0.05) is 36.3 Å². The minimum atomic E-state index is 0.924. The molecule has 0 saturated heterocycles. The van der Waals surface area contributed by atoms with E-state index in [-0.39, 0.29) is 0 Å². The molecular formula is C36H19N3S. The Morgan fingerprint density at radius 3 is 2.23 bits per heavy atom. The summed E-state index contributed by atoms with van der Waals surface area (Å²) in [7, 11) is 0. The molecule has 0 unspecified atom stereocenters. The van der Waals surface area contributed by atoms with Crippen molar-refractivity contribution >= 4 is 91.7 Å². The van der Waals surface area contributed by atoms with Gasteiger partial charge in [-0.15, -0.1) is 11.3 Å². The second kappa shape index (κ2) is 7.32. The molecule has 0 amide bonds. The van der Waals surface area contributed by atoms with Crippen LogP contribution < -0.4 is 0 Å². The van der Waals surface area contributed by atoms with E-state index in [1.165, 1.54) is 63.9 Å². The van der Waals surface area contributed by atoms with Gasteiger partial charge in [0.2, 0.25) is 0 Å². The molecule has 4 aromatic heterocycles. The van der Waals surface area contributed by atoms with Gasteiger partial charge in [-0.25, -0.2) is 9.97 Å². The lowest BCUT2D eigenvalue weighted by molar-refractivity contribution is 1.28. The van der Waals surface area contributed by atoms with Crippen LogP contribution in [0.2, 0.25) is 0 Å². The van der Waals surface area contributed by atoms with Gasteiger partial charge in [-0.3, -0.25) is 4.40 Å². The van der Waals surface area contributed by atoms with E-state index in [2.05, 4.69) is 95.4 Å². The second-order valence-corrected chi connectivity index (χ2v) is 11.7. The van der Waals surface area contributed by atoms with Crippen LogP contribution in [0, 0.1) is 0 Å². The Balaban J connectivity index is 1.28. The number of benzene rings is 6. The molecule has 0 spiro atoms. The predicted octanol–water partition coefficient (Wildman–Crippen LogP) is 9.97. The first-order valence-electron chi connectivity index (χ1n) is 13.5. The highest BCUT2D eigenvalue weighted by atomic mass is 32.1. The third-order valence-corrected chi connectivity index (χ3v) is 9.62. The molecule has 0 fully saturated rings. The van der Waals surface area contributed by atoms with E-state index < -0.39 is 0 Å². The van der Waals surface area contributed by atoms with E-state index in [1.54, 1.807) is 0 Å². The zero-order chi connectivity index (χ0) is 25.9. The lowest BCUT2D eigenvalue weighted by Crippen LogP contribution is -1.88. The van der Waals surface area contributed by atoms with Crippen LogP contribution in [0.25, 0.3) is 91.5 Å². The molecule has 3 nitrogen and oxygen atoms in total. The van der Waals surface area contributed by atoms with Crippen molar-refractivity contribution in [3.8, 4) is 11.1 Å². The molecule has 10 aromatic rings. The molecule has 0 aliphatic carbocycles. The standard InChI is InChI=1S/C36H19N3S/c1-2-9-22-20(7-1)8-5-10-23(22)21-15-16-24-28-18-27-25-11-6-12-26-34-36(38-30-14-4-3-13-29(30)37-34)39(35(25)26)31(27)19-33(28)40-32(24)17-21/h1-19H.